The predicted molar refractivity (Wildman–Crippen MR) is 248 cm³/mol. The van der Waals surface area contributed by atoms with Crippen LogP contribution in [0.15, 0.2) is 97.1 Å². The molecule has 59 heavy (non-hydrogen) atoms. The Bertz CT molecular complexity index is 1800. The number of amides is 2. The summed E-state index contributed by atoms with van der Waals surface area (Å²) in [6, 6.07) is 33.2. The Labute approximate surface area is 356 Å². The molecule has 2 fully saturated rings. The van der Waals surface area contributed by atoms with Gasteiger partial charge in [-0.25, -0.2) is 0 Å². The van der Waals surface area contributed by atoms with Crippen LogP contribution in [0.5, 0.6) is 0 Å². The number of rotatable bonds is 7. The van der Waals surface area contributed by atoms with Gasteiger partial charge in [-0.2, -0.15) is 0 Å². The van der Waals surface area contributed by atoms with E-state index in [1.165, 1.54) is 89.4 Å². The van der Waals surface area contributed by atoms with E-state index >= 15 is 0 Å². The molecule has 2 amide bonds. The number of carbonyl (C=O) groups is 2. The molecule has 2 saturated heterocycles. The van der Waals surface area contributed by atoms with E-state index in [0.717, 1.165) is 29.2 Å². The third-order valence-electron chi connectivity index (χ3n) is 12.8. The molecule has 0 aromatic heterocycles. The molecule has 0 bridgehead atoms. The summed E-state index contributed by atoms with van der Waals surface area (Å²) in [4.78, 5) is 31.7. The van der Waals surface area contributed by atoms with E-state index in [1.54, 1.807) is 48.5 Å². The van der Waals surface area contributed by atoms with Gasteiger partial charge in [0.2, 0.25) is 5.91 Å². The zero-order chi connectivity index (χ0) is 42.3. The third kappa shape index (κ3) is 12.7. The van der Waals surface area contributed by atoms with Gasteiger partial charge in [0.15, 0.2) is 0 Å². The number of fused-ring (bicyclic) bond motifs is 2. The minimum atomic E-state index is -0.0411. The highest BCUT2D eigenvalue weighted by molar-refractivity contribution is 5.93. The average molecular weight is 801 g/mol. The smallest absolute Gasteiger partial charge is 0.251 e. The molecule has 4 aliphatic rings. The quantitative estimate of drug-likeness (QED) is 0.195. The lowest BCUT2D eigenvalue weighted by atomic mass is 9.98. The molecule has 4 atom stereocenters. The summed E-state index contributed by atoms with van der Waals surface area (Å²) in [5.41, 5.74) is 11.1. The van der Waals surface area contributed by atoms with Gasteiger partial charge in [-0.1, -0.05) is 88.4 Å². The topological polar surface area (TPSA) is 71.2 Å². The lowest BCUT2D eigenvalue weighted by Gasteiger charge is -2.34. The maximum atomic E-state index is 10.9. The Hall–Kier alpha value is -4.66. The van der Waals surface area contributed by atoms with Crippen LogP contribution in [0.2, 0.25) is 0 Å². The van der Waals surface area contributed by atoms with Crippen molar-refractivity contribution in [1.29, 1.82) is 0 Å². The van der Waals surface area contributed by atoms with Gasteiger partial charge in [0.1, 0.15) is 0 Å². The van der Waals surface area contributed by atoms with Crippen molar-refractivity contribution in [1.82, 2.24) is 20.4 Å². The van der Waals surface area contributed by atoms with Gasteiger partial charge < -0.3 is 30.2 Å². The van der Waals surface area contributed by atoms with Crippen LogP contribution in [0.25, 0.3) is 0 Å². The first-order valence-corrected chi connectivity index (χ1v) is 22.2. The van der Waals surface area contributed by atoms with E-state index in [-0.39, 0.29) is 11.8 Å². The minimum Gasteiger partial charge on any atom is -0.369 e. The van der Waals surface area contributed by atoms with Gasteiger partial charge in [-0.15, -0.1) is 0 Å². The average Bonchev–Trinajstić information content (AvgIpc) is 3.79. The maximum absolute atomic E-state index is 10.9. The van der Waals surface area contributed by atoms with Gasteiger partial charge in [-0.05, 0) is 128 Å². The molecule has 2 aliphatic carbocycles. The molecule has 318 valence electrons. The van der Waals surface area contributed by atoms with Crippen molar-refractivity contribution in [3.8, 4) is 0 Å². The molecule has 8 nitrogen and oxygen atoms in total. The van der Waals surface area contributed by atoms with Crippen LogP contribution in [0.4, 0.5) is 11.4 Å². The number of carbonyl (C=O) groups excluding carboxylic acids is 2. The molecule has 0 radical (unpaired) electrons. The highest BCUT2D eigenvalue weighted by atomic mass is 16.2. The zero-order valence-corrected chi connectivity index (χ0v) is 37.3. The largest absolute Gasteiger partial charge is 0.369 e. The van der Waals surface area contributed by atoms with E-state index in [1.807, 2.05) is 48.5 Å². The first-order valence-electron chi connectivity index (χ1n) is 22.2. The third-order valence-corrected chi connectivity index (χ3v) is 12.8. The van der Waals surface area contributed by atoms with Gasteiger partial charge in [0, 0.05) is 83.4 Å². The van der Waals surface area contributed by atoms with Crippen LogP contribution in [0, 0.1) is 0 Å². The van der Waals surface area contributed by atoms with E-state index in [9.17, 15) is 9.59 Å². The number of hydrogen-bond donors (Lipinski definition) is 2. The van der Waals surface area contributed by atoms with Crippen molar-refractivity contribution < 1.29 is 9.59 Å². The van der Waals surface area contributed by atoms with Gasteiger partial charge in [-0.3, -0.25) is 9.59 Å². The Balaban J connectivity index is 0.000000156. The molecular formula is C51H72N6O2. The highest BCUT2D eigenvalue weighted by Gasteiger charge is 2.29. The number of nitrogens with one attached hydrogen (secondary N) is 2. The molecule has 8 heteroatoms. The Morgan fingerprint density at radius 1 is 0.559 bits per heavy atom. The fourth-order valence-electron chi connectivity index (χ4n) is 8.98. The minimum absolute atomic E-state index is 0.0411. The van der Waals surface area contributed by atoms with Crippen LogP contribution in [-0.4, -0.2) is 102 Å². The molecule has 8 rings (SSSR count). The van der Waals surface area contributed by atoms with E-state index in [4.69, 9.17) is 0 Å². The molecule has 2 N–H and O–H groups in total. The van der Waals surface area contributed by atoms with Crippen molar-refractivity contribution >= 4 is 23.2 Å². The molecule has 0 saturated carbocycles. The molecule has 0 spiro atoms. The summed E-state index contributed by atoms with van der Waals surface area (Å²) in [7, 11) is 7.70. The predicted octanol–water partition coefficient (Wildman–Crippen LogP) is 8.90. The summed E-state index contributed by atoms with van der Waals surface area (Å²) in [5.74, 6) is 3.09. The Kier molecular flexibility index (Phi) is 17.4. The van der Waals surface area contributed by atoms with Crippen LogP contribution >= 0.6 is 0 Å². The lowest BCUT2D eigenvalue weighted by molar-refractivity contribution is -0.119. The van der Waals surface area contributed by atoms with Crippen LogP contribution in [0.1, 0.15) is 115 Å². The van der Waals surface area contributed by atoms with Crippen LogP contribution in [0.3, 0.4) is 0 Å². The van der Waals surface area contributed by atoms with E-state index in [0.29, 0.717) is 12.0 Å². The second-order valence-corrected chi connectivity index (χ2v) is 17.0. The molecular weight excluding hydrogens is 729 g/mol. The van der Waals surface area contributed by atoms with Crippen molar-refractivity contribution in [2.45, 2.75) is 83.5 Å². The molecule has 2 heterocycles. The number of piperazine rings is 2. The lowest BCUT2D eigenvalue weighted by Crippen LogP contribution is -2.44. The molecule has 4 aromatic rings. The second-order valence-electron chi connectivity index (χ2n) is 17.0. The number of benzene rings is 4. The highest BCUT2D eigenvalue weighted by Crippen LogP contribution is 2.45. The molecule has 0 unspecified atom stereocenters. The fraction of sp³-hybridized carbons (Fsp3) is 0.490. The summed E-state index contributed by atoms with van der Waals surface area (Å²) in [6.45, 7) is 18.8. The van der Waals surface area contributed by atoms with Gasteiger partial charge >= 0.3 is 0 Å². The van der Waals surface area contributed by atoms with E-state index < -0.39 is 0 Å². The number of likely N-dealkylation sites (N-methyl/N-ethyl adjacent to an activating group) is 3. The summed E-state index contributed by atoms with van der Waals surface area (Å²) in [6.07, 6.45) is 5.73. The van der Waals surface area contributed by atoms with Crippen LogP contribution in [-0.2, 0) is 11.2 Å². The number of anilines is 2. The van der Waals surface area contributed by atoms with Crippen molar-refractivity contribution in [3.05, 3.63) is 130 Å². The first-order chi connectivity index (χ1) is 28.5. The SMILES string of the molecule is CC[C@@H]1C[C@@H](C)c2cc(N3CCN(C)CC3)ccc21.CC[C@@H]1C[C@@H](C)c2cc(N3CCN(C)CC3)ccc21.CNC(=O)Cc1ccccc1.CNC(=O)c1ccccc1. The molecule has 4 aromatic carbocycles. The van der Waals surface area contributed by atoms with Crippen molar-refractivity contribution in [2.75, 3.05) is 90.3 Å². The zero-order valence-electron chi connectivity index (χ0n) is 37.3. The monoisotopic (exact) mass is 801 g/mol. The second kappa shape index (κ2) is 22.6. The summed E-state index contributed by atoms with van der Waals surface area (Å²) < 4.78 is 0. The van der Waals surface area contributed by atoms with Crippen molar-refractivity contribution in [3.63, 3.8) is 0 Å². The summed E-state index contributed by atoms with van der Waals surface area (Å²) >= 11 is 0. The number of hydrogen-bond acceptors (Lipinski definition) is 6. The standard InChI is InChI=1S/2C17H26N2.C9H11NO.C8H9NO/c2*1-4-14-11-13(2)17-12-15(5-6-16(14)17)19-9-7-18(3)8-10-19;1-10-9(11)7-8-5-3-2-4-6-8;1-9-8(10)7-5-3-2-4-6-7/h2*5-6,12-14H,4,7-11H2,1-3H3;2-6H,7H2,1H3,(H,10,11);2-6H,1H3,(H,9,10)/t2*13-,14-;;/m11../s1. The van der Waals surface area contributed by atoms with Gasteiger partial charge in [0.25, 0.3) is 5.91 Å². The Morgan fingerprint density at radius 3 is 1.37 bits per heavy atom. The summed E-state index contributed by atoms with van der Waals surface area (Å²) in [5, 5.41) is 5.12. The molecule has 2 aliphatic heterocycles. The Morgan fingerprint density at radius 2 is 0.983 bits per heavy atom. The van der Waals surface area contributed by atoms with E-state index in [2.05, 4.69) is 108 Å². The van der Waals surface area contributed by atoms with Crippen molar-refractivity contribution in [2.24, 2.45) is 0 Å². The normalized spacial score (nSPS) is 21.0. The maximum Gasteiger partial charge on any atom is 0.251 e. The first kappa shape index (κ1) is 45.4. The van der Waals surface area contributed by atoms with Gasteiger partial charge in [0.05, 0.1) is 6.42 Å². The number of nitrogens with zero attached hydrogens (tertiary/aromatic N) is 4. The van der Waals surface area contributed by atoms with Crippen LogP contribution < -0.4 is 20.4 Å². The fourth-order valence-corrected chi connectivity index (χ4v) is 8.98.